The zero-order valence-electron chi connectivity index (χ0n) is 21.5. The number of para-hydroxylation sites is 2. The summed E-state index contributed by atoms with van der Waals surface area (Å²) < 4.78 is 13.1. The van der Waals surface area contributed by atoms with Gasteiger partial charge in [0.2, 0.25) is 0 Å². The standard InChI is InChI=1S/C38H22O2/c1-2-11-23(12-3-1)34-25-14-4-6-16-27(25)35(28-17-7-5-15-26(28)34)30-18-10-19-31-36-33(40-37(30)31)22-21-29-24-13-8-9-20-32(24)39-38(29)36/h1-22H. The largest absolute Gasteiger partial charge is 0.455 e. The minimum absolute atomic E-state index is 0.837. The number of hydrogen-bond donors (Lipinski definition) is 0. The summed E-state index contributed by atoms with van der Waals surface area (Å²) in [5.41, 5.74) is 8.25. The van der Waals surface area contributed by atoms with Crippen molar-refractivity contribution in [1.82, 2.24) is 0 Å². The second-order valence-corrected chi connectivity index (χ2v) is 10.4. The van der Waals surface area contributed by atoms with Crippen LogP contribution in [0.5, 0.6) is 0 Å². The summed E-state index contributed by atoms with van der Waals surface area (Å²) in [5, 5.41) is 9.21. The molecule has 0 radical (unpaired) electrons. The van der Waals surface area contributed by atoms with Crippen molar-refractivity contribution in [2.24, 2.45) is 0 Å². The summed E-state index contributed by atoms with van der Waals surface area (Å²) in [4.78, 5) is 0. The van der Waals surface area contributed by atoms with Crippen molar-refractivity contribution in [2.45, 2.75) is 0 Å². The third-order valence-electron chi connectivity index (χ3n) is 8.27. The van der Waals surface area contributed by atoms with Gasteiger partial charge in [-0.05, 0) is 50.9 Å². The van der Waals surface area contributed by atoms with E-state index in [4.69, 9.17) is 8.83 Å². The summed E-state index contributed by atoms with van der Waals surface area (Å²) in [6, 6.07) is 47.1. The Kier molecular flexibility index (Phi) is 4.36. The Labute approximate surface area is 229 Å². The van der Waals surface area contributed by atoms with Gasteiger partial charge in [0.1, 0.15) is 22.3 Å². The van der Waals surface area contributed by atoms with E-state index in [1.165, 1.54) is 38.2 Å². The van der Waals surface area contributed by atoms with Gasteiger partial charge in [0.25, 0.3) is 0 Å². The van der Waals surface area contributed by atoms with E-state index in [-0.39, 0.29) is 0 Å². The van der Waals surface area contributed by atoms with Gasteiger partial charge < -0.3 is 8.83 Å². The highest BCUT2D eigenvalue weighted by molar-refractivity contribution is 6.27. The summed E-state index contributed by atoms with van der Waals surface area (Å²) in [5.74, 6) is 0. The minimum Gasteiger partial charge on any atom is -0.455 e. The van der Waals surface area contributed by atoms with Crippen LogP contribution in [0.1, 0.15) is 0 Å². The third kappa shape index (κ3) is 2.88. The topological polar surface area (TPSA) is 26.3 Å². The quantitative estimate of drug-likeness (QED) is 0.216. The first kappa shape index (κ1) is 21.6. The van der Waals surface area contributed by atoms with Crippen molar-refractivity contribution in [2.75, 3.05) is 0 Å². The fraction of sp³-hybridized carbons (Fsp3) is 0. The normalized spacial score (nSPS) is 12.0. The van der Waals surface area contributed by atoms with Crippen LogP contribution in [0.4, 0.5) is 0 Å². The van der Waals surface area contributed by atoms with E-state index < -0.39 is 0 Å². The van der Waals surface area contributed by atoms with Gasteiger partial charge in [-0.1, -0.05) is 115 Å². The Morgan fingerprint density at radius 2 is 0.900 bits per heavy atom. The van der Waals surface area contributed by atoms with Crippen LogP contribution in [0, 0.1) is 0 Å². The Bertz CT molecular complexity index is 2370. The van der Waals surface area contributed by atoms with E-state index in [2.05, 4.69) is 121 Å². The van der Waals surface area contributed by atoms with Crippen molar-refractivity contribution < 1.29 is 8.83 Å². The second-order valence-electron chi connectivity index (χ2n) is 10.4. The van der Waals surface area contributed by atoms with Crippen LogP contribution in [0.3, 0.4) is 0 Å². The Morgan fingerprint density at radius 1 is 0.325 bits per heavy atom. The number of furan rings is 2. The molecule has 0 aliphatic rings. The fourth-order valence-corrected chi connectivity index (χ4v) is 6.60. The molecule has 0 aliphatic heterocycles. The maximum Gasteiger partial charge on any atom is 0.147 e. The molecule has 40 heavy (non-hydrogen) atoms. The molecule has 9 aromatic rings. The molecule has 7 aromatic carbocycles. The highest BCUT2D eigenvalue weighted by Gasteiger charge is 2.22. The lowest BCUT2D eigenvalue weighted by atomic mass is 9.85. The van der Waals surface area contributed by atoms with Crippen LogP contribution in [0.15, 0.2) is 142 Å². The Morgan fingerprint density at radius 3 is 1.62 bits per heavy atom. The van der Waals surface area contributed by atoms with Crippen LogP contribution in [-0.2, 0) is 0 Å². The van der Waals surface area contributed by atoms with Crippen molar-refractivity contribution in [1.29, 1.82) is 0 Å². The first-order chi connectivity index (χ1) is 19.9. The van der Waals surface area contributed by atoms with E-state index in [0.29, 0.717) is 0 Å². The summed E-state index contributed by atoms with van der Waals surface area (Å²) in [6.45, 7) is 0. The zero-order valence-corrected chi connectivity index (χ0v) is 21.5. The van der Waals surface area contributed by atoms with Gasteiger partial charge in [-0.2, -0.15) is 0 Å². The molecule has 2 heteroatoms. The van der Waals surface area contributed by atoms with Crippen molar-refractivity contribution in [3.05, 3.63) is 133 Å². The molecule has 0 saturated heterocycles. The van der Waals surface area contributed by atoms with Gasteiger partial charge >= 0.3 is 0 Å². The lowest BCUT2D eigenvalue weighted by Crippen LogP contribution is -1.90. The van der Waals surface area contributed by atoms with Crippen LogP contribution < -0.4 is 0 Å². The molecule has 0 spiro atoms. The molecular formula is C38H22O2. The van der Waals surface area contributed by atoms with E-state index in [1.54, 1.807) is 0 Å². The molecule has 0 unspecified atom stereocenters. The van der Waals surface area contributed by atoms with Crippen LogP contribution in [0.25, 0.3) is 87.7 Å². The van der Waals surface area contributed by atoms with Crippen molar-refractivity contribution in [3.8, 4) is 22.3 Å². The first-order valence-corrected chi connectivity index (χ1v) is 13.6. The molecule has 2 aromatic heterocycles. The second kappa shape index (κ2) is 8.08. The SMILES string of the molecule is c1ccc(-c2c3ccccc3c(-c3cccc4c3oc3ccc5c6ccccc6oc5c34)c3ccccc23)cc1. The summed E-state index contributed by atoms with van der Waals surface area (Å²) in [7, 11) is 0. The van der Waals surface area contributed by atoms with E-state index in [0.717, 1.165) is 49.4 Å². The number of hydrogen-bond acceptors (Lipinski definition) is 2. The molecular weight excluding hydrogens is 488 g/mol. The van der Waals surface area contributed by atoms with Crippen molar-refractivity contribution in [3.63, 3.8) is 0 Å². The molecule has 0 amide bonds. The fourth-order valence-electron chi connectivity index (χ4n) is 6.60. The average molecular weight is 511 g/mol. The summed E-state index contributed by atoms with van der Waals surface area (Å²) >= 11 is 0. The van der Waals surface area contributed by atoms with Gasteiger partial charge in [-0.25, -0.2) is 0 Å². The third-order valence-corrected chi connectivity index (χ3v) is 8.27. The van der Waals surface area contributed by atoms with Gasteiger partial charge in [0.05, 0.1) is 5.39 Å². The molecule has 0 N–H and O–H groups in total. The van der Waals surface area contributed by atoms with E-state index in [1.807, 2.05) is 12.1 Å². The molecule has 0 saturated carbocycles. The van der Waals surface area contributed by atoms with E-state index in [9.17, 15) is 0 Å². The monoisotopic (exact) mass is 510 g/mol. The highest BCUT2D eigenvalue weighted by Crippen LogP contribution is 2.47. The lowest BCUT2D eigenvalue weighted by molar-refractivity contribution is 0.663. The van der Waals surface area contributed by atoms with Crippen LogP contribution in [-0.4, -0.2) is 0 Å². The van der Waals surface area contributed by atoms with Crippen molar-refractivity contribution >= 4 is 65.4 Å². The summed E-state index contributed by atoms with van der Waals surface area (Å²) in [6.07, 6.45) is 0. The predicted octanol–water partition coefficient (Wildman–Crippen LogP) is 11.1. The first-order valence-electron chi connectivity index (χ1n) is 13.6. The number of fused-ring (bicyclic) bond motifs is 9. The van der Waals surface area contributed by atoms with Crippen LogP contribution in [0.2, 0.25) is 0 Å². The Balaban J connectivity index is 1.44. The van der Waals surface area contributed by atoms with Gasteiger partial charge in [0.15, 0.2) is 0 Å². The van der Waals surface area contributed by atoms with E-state index >= 15 is 0 Å². The smallest absolute Gasteiger partial charge is 0.147 e. The molecule has 0 aliphatic carbocycles. The number of rotatable bonds is 2. The van der Waals surface area contributed by atoms with Gasteiger partial charge in [-0.3, -0.25) is 0 Å². The highest BCUT2D eigenvalue weighted by atomic mass is 16.3. The maximum absolute atomic E-state index is 6.69. The predicted molar refractivity (Wildman–Crippen MR) is 167 cm³/mol. The molecule has 2 nitrogen and oxygen atoms in total. The minimum atomic E-state index is 0.837. The molecule has 9 rings (SSSR count). The molecule has 2 heterocycles. The molecule has 0 fully saturated rings. The molecule has 0 atom stereocenters. The number of benzene rings is 7. The van der Waals surface area contributed by atoms with Gasteiger partial charge in [-0.15, -0.1) is 0 Å². The van der Waals surface area contributed by atoms with Gasteiger partial charge in [0, 0.05) is 27.3 Å². The molecule has 186 valence electrons. The Hall–Kier alpha value is -5.34. The molecule has 0 bridgehead atoms. The average Bonchev–Trinajstić information content (AvgIpc) is 3.59. The van der Waals surface area contributed by atoms with Crippen LogP contribution >= 0.6 is 0 Å². The maximum atomic E-state index is 6.69. The zero-order chi connectivity index (χ0) is 26.2. The lowest BCUT2D eigenvalue weighted by Gasteiger charge is -2.17.